The van der Waals surface area contributed by atoms with Gasteiger partial charge >= 0.3 is 0 Å². The van der Waals surface area contributed by atoms with Crippen molar-refractivity contribution < 1.29 is 4.74 Å². The van der Waals surface area contributed by atoms with Crippen molar-refractivity contribution in [2.45, 2.75) is 45.8 Å². The smallest absolute Gasteiger partial charge is 0.166 e. The molecule has 0 aromatic heterocycles. The van der Waals surface area contributed by atoms with E-state index in [2.05, 4.69) is 31.4 Å². The van der Waals surface area contributed by atoms with Crippen LogP contribution in [0, 0.1) is 5.41 Å². The third kappa shape index (κ3) is 2.82. The average molecular weight is 230 g/mol. The van der Waals surface area contributed by atoms with Crippen LogP contribution in [-0.2, 0) is 4.74 Å². The van der Waals surface area contributed by atoms with Crippen molar-refractivity contribution in [3.05, 3.63) is 0 Å². The number of methoxy groups -OCH3 is 1. The first-order chi connectivity index (χ1) is 7.02. The maximum absolute atomic E-state index is 5.39. The summed E-state index contributed by atoms with van der Waals surface area (Å²) < 4.78 is 5.39. The molecule has 1 rings (SSSR count). The molecule has 4 heteroatoms. The minimum Gasteiger partial charge on any atom is -0.381 e. The van der Waals surface area contributed by atoms with Crippen LogP contribution in [0.1, 0.15) is 33.6 Å². The Kier molecular flexibility index (Phi) is 4.34. The van der Waals surface area contributed by atoms with Gasteiger partial charge in [0.1, 0.15) is 0 Å². The molecule has 0 aromatic rings. The first-order valence-corrected chi connectivity index (χ1v) is 6.00. The highest BCUT2D eigenvalue weighted by Crippen LogP contribution is 2.42. The van der Waals surface area contributed by atoms with E-state index in [-0.39, 0.29) is 5.41 Å². The van der Waals surface area contributed by atoms with Crippen molar-refractivity contribution in [2.24, 2.45) is 5.41 Å². The summed E-state index contributed by atoms with van der Waals surface area (Å²) in [6.07, 6.45) is 2.48. The van der Waals surface area contributed by atoms with E-state index in [1.807, 2.05) is 0 Å². The molecule has 0 aromatic carbocycles. The van der Waals surface area contributed by atoms with E-state index in [9.17, 15) is 0 Å². The fourth-order valence-corrected chi connectivity index (χ4v) is 2.22. The molecule has 1 fully saturated rings. The van der Waals surface area contributed by atoms with Crippen LogP contribution in [0.4, 0.5) is 0 Å². The van der Waals surface area contributed by atoms with E-state index in [0.717, 1.165) is 24.5 Å². The Morgan fingerprint density at radius 2 is 2.20 bits per heavy atom. The van der Waals surface area contributed by atoms with E-state index in [0.29, 0.717) is 12.1 Å². The molecule has 15 heavy (non-hydrogen) atoms. The summed E-state index contributed by atoms with van der Waals surface area (Å²) in [6, 6.07) is 0.430. The molecular formula is C11H22N2OS. The summed E-state index contributed by atoms with van der Waals surface area (Å²) >= 11 is 5.21. The summed E-state index contributed by atoms with van der Waals surface area (Å²) in [5.41, 5.74) is 0.173. The molecule has 2 N–H and O–H groups in total. The molecule has 1 aliphatic carbocycles. The molecule has 1 saturated carbocycles. The SMILES string of the molecule is CCCNC(=S)NC1CC(OC)C1(C)C. The Labute approximate surface area is 98.0 Å². The van der Waals surface area contributed by atoms with Gasteiger partial charge in [0.2, 0.25) is 0 Å². The fourth-order valence-electron chi connectivity index (χ4n) is 1.98. The van der Waals surface area contributed by atoms with Crippen LogP contribution in [0.25, 0.3) is 0 Å². The van der Waals surface area contributed by atoms with Crippen molar-refractivity contribution in [3.63, 3.8) is 0 Å². The fraction of sp³-hybridized carbons (Fsp3) is 0.909. The Balaban J connectivity index is 2.32. The van der Waals surface area contributed by atoms with Crippen molar-refractivity contribution in [1.82, 2.24) is 10.6 Å². The van der Waals surface area contributed by atoms with Gasteiger partial charge in [0, 0.05) is 25.1 Å². The molecule has 88 valence electrons. The van der Waals surface area contributed by atoms with E-state index in [1.54, 1.807) is 7.11 Å². The summed E-state index contributed by atoms with van der Waals surface area (Å²) in [4.78, 5) is 0. The topological polar surface area (TPSA) is 33.3 Å². The average Bonchev–Trinajstić information content (AvgIpc) is 2.20. The molecule has 0 heterocycles. The molecule has 2 atom stereocenters. The van der Waals surface area contributed by atoms with Crippen LogP contribution in [0.5, 0.6) is 0 Å². The molecular weight excluding hydrogens is 208 g/mol. The molecule has 1 aliphatic rings. The van der Waals surface area contributed by atoms with Crippen molar-refractivity contribution in [2.75, 3.05) is 13.7 Å². The van der Waals surface area contributed by atoms with Gasteiger partial charge < -0.3 is 15.4 Å². The van der Waals surface area contributed by atoms with Gasteiger partial charge in [-0.15, -0.1) is 0 Å². The normalized spacial score (nSPS) is 28.0. The number of nitrogens with one attached hydrogen (secondary N) is 2. The number of rotatable bonds is 4. The highest BCUT2D eigenvalue weighted by Gasteiger charge is 2.48. The number of thiocarbonyl (C=S) groups is 1. The molecule has 0 aliphatic heterocycles. The van der Waals surface area contributed by atoms with E-state index in [4.69, 9.17) is 17.0 Å². The van der Waals surface area contributed by atoms with Gasteiger partial charge in [-0.1, -0.05) is 20.8 Å². The van der Waals surface area contributed by atoms with Gasteiger partial charge in [-0.25, -0.2) is 0 Å². The Bertz CT molecular complexity index is 231. The maximum atomic E-state index is 5.39. The molecule has 0 bridgehead atoms. The summed E-state index contributed by atoms with van der Waals surface area (Å²) in [5.74, 6) is 0. The van der Waals surface area contributed by atoms with Crippen molar-refractivity contribution in [3.8, 4) is 0 Å². The van der Waals surface area contributed by atoms with Crippen molar-refractivity contribution in [1.29, 1.82) is 0 Å². The van der Waals surface area contributed by atoms with E-state index in [1.165, 1.54) is 0 Å². The zero-order valence-corrected chi connectivity index (χ0v) is 10.9. The molecule has 0 saturated heterocycles. The van der Waals surface area contributed by atoms with Crippen LogP contribution in [0.3, 0.4) is 0 Å². The largest absolute Gasteiger partial charge is 0.381 e. The lowest BCUT2D eigenvalue weighted by molar-refractivity contribution is -0.0920. The summed E-state index contributed by atoms with van der Waals surface area (Å²) in [5, 5.41) is 7.30. The van der Waals surface area contributed by atoms with Crippen molar-refractivity contribution >= 4 is 17.3 Å². The van der Waals surface area contributed by atoms with Gasteiger partial charge in [0.05, 0.1) is 6.10 Å². The zero-order valence-electron chi connectivity index (χ0n) is 10.1. The lowest BCUT2D eigenvalue weighted by atomic mass is 9.64. The van der Waals surface area contributed by atoms with Crippen LogP contribution >= 0.6 is 12.2 Å². The Morgan fingerprint density at radius 1 is 1.53 bits per heavy atom. The quantitative estimate of drug-likeness (QED) is 0.720. The number of hydrogen-bond donors (Lipinski definition) is 2. The molecule has 0 radical (unpaired) electrons. The maximum Gasteiger partial charge on any atom is 0.166 e. The predicted octanol–water partition coefficient (Wildman–Crippen LogP) is 1.67. The van der Waals surface area contributed by atoms with Gasteiger partial charge in [-0.05, 0) is 25.1 Å². The standard InChI is InChI=1S/C11H22N2OS/c1-5-6-12-10(15)13-8-7-9(14-4)11(8,2)3/h8-9H,5-7H2,1-4H3,(H2,12,13,15). The van der Waals surface area contributed by atoms with Gasteiger partial charge in [-0.3, -0.25) is 0 Å². The van der Waals surface area contributed by atoms with Crippen LogP contribution in [0.15, 0.2) is 0 Å². The lowest BCUT2D eigenvalue weighted by Crippen LogP contribution is -2.63. The Hall–Kier alpha value is -0.350. The Morgan fingerprint density at radius 3 is 2.67 bits per heavy atom. The second kappa shape index (κ2) is 5.12. The summed E-state index contributed by atoms with van der Waals surface area (Å²) in [6.45, 7) is 7.49. The first-order valence-electron chi connectivity index (χ1n) is 5.59. The van der Waals surface area contributed by atoms with Gasteiger partial charge in [0.15, 0.2) is 5.11 Å². The van der Waals surface area contributed by atoms with Crippen LogP contribution in [-0.4, -0.2) is 30.9 Å². The van der Waals surface area contributed by atoms with Gasteiger partial charge in [-0.2, -0.15) is 0 Å². The van der Waals surface area contributed by atoms with Crippen LogP contribution < -0.4 is 10.6 Å². The summed E-state index contributed by atoms with van der Waals surface area (Å²) in [7, 11) is 1.77. The first kappa shape index (κ1) is 12.7. The highest BCUT2D eigenvalue weighted by molar-refractivity contribution is 7.80. The second-order valence-corrected chi connectivity index (χ2v) is 5.14. The number of ether oxygens (including phenoxy) is 1. The monoisotopic (exact) mass is 230 g/mol. The zero-order chi connectivity index (χ0) is 11.5. The predicted molar refractivity (Wildman–Crippen MR) is 67.0 cm³/mol. The minimum atomic E-state index is 0.173. The van der Waals surface area contributed by atoms with Crippen LogP contribution in [0.2, 0.25) is 0 Å². The van der Waals surface area contributed by atoms with E-state index >= 15 is 0 Å². The molecule has 0 spiro atoms. The third-order valence-corrected chi connectivity index (χ3v) is 3.57. The molecule has 3 nitrogen and oxygen atoms in total. The van der Waals surface area contributed by atoms with E-state index < -0.39 is 0 Å². The van der Waals surface area contributed by atoms with Gasteiger partial charge in [0.25, 0.3) is 0 Å². The molecule has 2 unspecified atom stereocenters. The minimum absolute atomic E-state index is 0.173. The molecule has 0 amide bonds. The highest BCUT2D eigenvalue weighted by atomic mass is 32.1. The second-order valence-electron chi connectivity index (χ2n) is 4.73. The lowest BCUT2D eigenvalue weighted by Gasteiger charge is -2.51. The third-order valence-electron chi connectivity index (χ3n) is 3.30. The number of hydrogen-bond acceptors (Lipinski definition) is 2.